The Kier molecular flexibility index (Phi) is 4.53. The number of carbonyl (C=O) groups is 2. The number of hydrogen-bond donors (Lipinski definition) is 0. The summed E-state index contributed by atoms with van der Waals surface area (Å²) < 4.78 is 5.33. The van der Waals surface area contributed by atoms with Crippen LogP contribution in [0.4, 0.5) is 5.69 Å². The molecule has 1 amide bonds. The molecule has 7 nitrogen and oxygen atoms in total. The third-order valence-corrected chi connectivity index (χ3v) is 4.19. The Morgan fingerprint density at radius 1 is 1.23 bits per heavy atom. The number of hydrogen-bond acceptors (Lipinski definition) is 5. The van der Waals surface area contributed by atoms with E-state index in [1.807, 2.05) is 0 Å². The number of carbonyl (C=O) groups excluding carboxylic acids is 2. The molecule has 1 aliphatic rings. The van der Waals surface area contributed by atoms with E-state index < -0.39 is 17.0 Å². The Bertz CT molecular complexity index is 887. The van der Waals surface area contributed by atoms with Crippen LogP contribution in [-0.4, -0.2) is 28.2 Å². The molecule has 0 bridgehead atoms. The van der Waals surface area contributed by atoms with Crippen molar-refractivity contribution in [2.75, 3.05) is 6.54 Å². The number of ether oxygens (including phenoxy) is 1. The molecule has 0 fully saturated rings. The van der Waals surface area contributed by atoms with Gasteiger partial charge in [-0.15, -0.1) is 0 Å². The minimum Gasteiger partial charge on any atom is -0.456 e. The van der Waals surface area contributed by atoms with E-state index in [1.165, 1.54) is 23.1 Å². The van der Waals surface area contributed by atoms with Crippen LogP contribution in [0.25, 0.3) is 5.70 Å². The lowest BCUT2D eigenvalue weighted by Gasteiger charge is -2.19. The Labute approximate surface area is 149 Å². The second kappa shape index (κ2) is 6.79. The normalized spacial score (nSPS) is 14.1. The van der Waals surface area contributed by atoms with Crippen molar-refractivity contribution in [2.45, 2.75) is 13.0 Å². The summed E-state index contributed by atoms with van der Waals surface area (Å²) in [6, 6.07) is 12.9. The van der Waals surface area contributed by atoms with Gasteiger partial charge in [0.2, 0.25) is 0 Å². The molecule has 0 aliphatic carbocycles. The van der Waals surface area contributed by atoms with Gasteiger partial charge < -0.3 is 4.74 Å². The maximum absolute atomic E-state index is 12.4. The summed E-state index contributed by atoms with van der Waals surface area (Å²) in [5.74, 6) is -0.920. The number of rotatable bonds is 5. The SMILES string of the molecule is C=C1c2ccccc2C(=O)N1CC(=O)O[C@H](C)c1cccc([N+](=O)[O-])c1. The molecule has 1 atom stereocenters. The van der Waals surface area contributed by atoms with Gasteiger partial charge in [-0.05, 0) is 18.6 Å². The average Bonchev–Trinajstić information content (AvgIpc) is 2.87. The van der Waals surface area contributed by atoms with E-state index in [-0.39, 0.29) is 18.1 Å². The number of benzene rings is 2. The van der Waals surface area contributed by atoms with Crippen molar-refractivity contribution in [3.63, 3.8) is 0 Å². The predicted molar refractivity (Wildman–Crippen MR) is 94.1 cm³/mol. The zero-order valence-electron chi connectivity index (χ0n) is 14.0. The highest BCUT2D eigenvalue weighted by Crippen LogP contribution is 2.31. The second-order valence-electron chi connectivity index (χ2n) is 5.87. The van der Waals surface area contributed by atoms with Gasteiger partial charge in [0.1, 0.15) is 12.6 Å². The highest BCUT2D eigenvalue weighted by atomic mass is 16.6. The van der Waals surface area contributed by atoms with Crippen LogP contribution >= 0.6 is 0 Å². The molecule has 2 aromatic carbocycles. The van der Waals surface area contributed by atoms with Crippen LogP contribution in [0.15, 0.2) is 55.1 Å². The topological polar surface area (TPSA) is 89.8 Å². The molecule has 132 valence electrons. The molecular formula is C19H16N2O5. The third-order valence-electron chi connectivity index (χ3n) is 4.19. The Hall–Kier alpha value is -3.48. The van der Waals surface area contributed by atoms with Crippen LogP contribution < -0.4 is 0 Å². The van der Waals surface area contributed by atoms with E-state index in [9.17, 15) is 19.7 Å². The quantitative estimate of drug-likeness (QED) is 0.468. The first-order chi connectivity index (χ1) is 12.4. The van der Waals surface area contributed by atoms with Crippen molar-refractivity contribution in [3.8, 4) is 0 Å². The summed E-state index contributed by atoms with van der Waals surface area (Å²) in [6.07, 6.45) is -0.684. The maximum atomic E-state index is 12.4. The molecule has 1 heterocycles. The van der Waals surface area contributed by atoms with Crippen molar-refractivity contribution >= 4 is 23.3 Å². The summed E-state index contributed by atoms with van der Waals surface area (Å²) in [6.45, 7) is 5.22. The van der Waals surface area contributed by atoms with Gasteiger partial charge in [0.25, 0.3) is 11.6 Å². The molecule has 0 N–H and O–H groups in total. The van der Waals surface area contributed by atoms with Crippen LogP contribution in [0.3, 0.4) is 0 Å². The fourth-order valence-electron chi connectivity index (χ4n) is 2.82. The van der Waals surface area contributed by atoms with Gasteiger partial charge in [0.05, 0.1) is 4.92 Å². The zero-order valence-corrected chi connectivity index (χ0v) is 14.0. The predicted octanol–water partition coefficient (Wildman–Crippen LogP) is 3.33. The van der Waals surface area contributed by atoms with Gasteiger partial charge in [-0.3, -0.25) is 24.6 Å². The molecule has 1 aliphatic heterocycles. The Morgan fingerprint density at radius 2 is 1.92 bits per heavy atom. The average molecular weight is 352 g/mol. The number of non-ortho nitro benzene ring substituents is 1. The lowest BCUT2D eigenvalue weighted by Crippen LogP contribution is -2.30. The van der Waals surface area contributed by atoms with Crippen molar-refractivity contribution in [1.82, 2.24) is 4.90 Å². The van der Waals surface area contributed by atoms with Crippen LogP contribution in [-0.2, 0) is 9.53 Å². The molecule has 0 saturated heterocycles. The van der Waals surface area contributed by atoms with Crippen LogP contribution in [0.1, 0.15) is 34.5 Å². The highest BCUT2D eigenvalue weighted by Gasteiger charge is 2.32. The van der Waals surface area contributed by atoms with E-state index >= 15 is 0 Å². The van der Waals surface area contributed by atoms with Crippen molar-refractivity contribution < 1.29 is 19.2 Å². The van der Waals surface area contributed by atoms with E-state index in [1.54, 1.807) is 37.3 Å². The fraction of sp³-hybridized carbons (Fsp3) is 0.158. The molecule has 7 heteroatoms. The second-order valence-corrected chi connectivity index (χ2v) is 5.87. The lowest BCUT2D eigenvalue weighted by molar-refractivity contribution is -0.385. The molecule has 0 aromatic heterocycles. The molecule has 0 saturated carbocycles. The fourth-order valence-corrected chi connectivity index (χ4v) is 2.82. The number of nitro benzene ring substituents is 1. The molecule has 2 aromatic rings. The smallest absolute Gasteiger partial charge is 0.326 e. The van der Waals surface area contributed by atoms with Gasteiger partial charge in [-0.2, -0.15) is 0 Å². The van der Waals surface area contributed by atoms with E-state index in [0.29, 0.717) is 22.4 Å². The minimum absolute atomic E-state index is 0.0797. The summed E-state index contributed by atoms with van der Waals surface area (Å²) in [5, 5.41) is 10.9. The number of nitrogens with zero attached hydrogens (tertiary/aromatic N) is 2. The highest BCUT2D eigenvalue weighted by molar-refractivity contribution is 6.10. The summed E-state index contributed by atoms with van der Waals surface area (Å²) in [7, 11) is 0. The third kappa shape index (κ3) is 3.19. The number of amides is 1. The van der Waals surface area contributed by atoms with Gasteiger partial charge >= 0.3 is 5.97 Å². The van der Waals surface area contributed by atoms with Crippen LogP contribution in [0.2, 0.25) is 0 Å². The Morgan fingerprint density at radius 3 is 2.58 bits per heavy atom. The molecule has 0 unspecified atom stereocenters. The standard InChI is InChI=1S/C19H16N2O5/c1-12-16-8-3-4-9-17(16)19(23)20(12)11-18(22)26-13(2)14-6-5-7-15(10-14)21(24)25/h3-10,13H,1,11H2,2H3/t13-/m1/s1. The Balaban J connectivity index is 1.68. The van der Waals surface area contributed by atoms with Crippen LogP contribution in [0.5, 0.6) is 0 Å². The van der Waals surface area contributed by atoms with E-state index in [4.69, 9.17) is 4.74 Å². The number of fused-ring (bicyclic) bond motifs is 1. The first kappa shape index (κ1) is 17.3. The van der Waals surface area contributed by atoms with Crippen LogP contribution in [0, 0.1) is 10.1 Å². The van der Waals surface area contributed by atoms with E-state index in [2.05, 4.69) is 6.58 Å². The monoisotopic (exact) mass is 352 g/mol. The summed E-state index contributed by atoms with van der Waals surface area (Å²) in [5.41, 5.74) is 2.06. The first-order valence-electron chi connectivity index (χ1n) is 7.92. The zero-order chi connectivity index (χ0) is 18.8. The van der Waals surface area contributed by atoms with Crippen molar-refractivity contribution in [2.24, 2.45) is 0 Å². The lowest BCUT2D eigenvalue weighted by atomic mass is 10.1. The first-order valence-corrected chi connectivity index (χ1v) is 7.92. The maximum Gasteiger partial charge on any atom is 0.326 e. The van der Waals surface area contributed by atoms with Crippen molar-refractivity contribution in [3.05, 3.63) is 81.9 Å². The molecular weight excluding hydrogens is 336 g/mol. The summed E-state index contributed by atoms with van der Waals surface area (Å²) in [4.78, 5) is 36.3. The van der Waals surface area contributed by atoms with Gasteiger partial charge in [0, 0.05) is 29.0 Å². The van der Waals surface area contributed by atoms with Crippen molar-refractivity contribution in [1.29, 1.82) is 0 Å². The van der Waals surface area contributed by atoms with Gasteiger partial charge in [-0.1, -0.05) is 36.9 Å². The molecule has 0 radical (unpaired) electrons. The molecule has 26 heavy (non-hydrogen) atoms. The molecule has 0 spiro atoms. The largest absolute Gasteiger partial charge is 0.456 e. The van der Waals surface area contributed by atoms with Gasteiger partial charge in [0.15, 0.2) is 0 Å². The number of esters is 1. The molecule has 3 rings (SSSR count). The van der Waals surface area contributed by atoms with Gasteiger partial charge in [-0.25, -0.2) is 0 Å². The minimum atomic E-state index is -0.684. The number of nitro groups is 1. The summed E-state index contributed by atoms with van der Waals surface area (Å²) >= 11 is 0. The van der Waals surface area contributed by atoms with E-state index in [0.717, 1.165) is 0 Å².